The molecule has 0 aliphatic heterocycles. The molecule has 0 atom stereocenters. The summed E-state index contributed by atoms with van der Waals surface area (Å²) in [6, 6.07) is 10.7. The molecule has 2 aromatic carbocycles. The number of benzene rings is 2. The Labute approximate surface area is 133 Å². The highest BCUT2D eigenvalue weighted by atomic mass is 32.2. The van der Waals surface area contributed by atoms with Crippen molar-refractivity contribution in [2.24, 2.45) is 0 Å². The topological polar surface area (TPSA) is 95.5 Å². The van der Waals surface area contributed by atoms with Gasteiger partial charge in [0, 0.05) is 12.1 Å². The van der Waals surface area contributed by atoms with E-state index in [4.69, 9.17) is 5.11 Å². The maximum Gasteiger partial charge on any atom is 0.262 e. The minimum Gasteiger partial charge on any atom is -0.395 e. The van der Waals surface area contributed by atoms with Crippen molar-refractivity contribution >= 4 is 21.6 Å². The van der Waals surface area contributed by atoms with E-state index >= 15 is 0 Å². The van der Waals surface area contributed by atoms with Gasteiger partial charge >= 0.3 is 0 Å². The van der Waals surface area contributed by atoms with Crippen LogP contribution in [0.1, 0.15) is 10.4 Å². The van der Waals surface area contributed by atoms with Crippen LogP contribution in [0.15, 0.2) is 53.4 Å². The molecule has 0 bridgehead atoms. The van der Waals surface area contributed by atoms with Crippen molar-refractivity contribution in [3.63, 3.8) is 0 Å². The van der Waals surface area contributed by atoms with Crippen LogP contribution < -0.4 is 10.0 Å². The van der Waals surface area contributed by atoms with Gasteiger partial charge in [-0.05, 0) is 30.3 Å². The molecule has 0 spiro atoms. The third kappa shape index (κ3) is 4.27. The summed E-state index contributed by atoms with van der Waals surface area (Å²) in [6.45, 7) is -0.165. The summed E-state index contributed by atoms with van der Waals surface area (Å²) in [5.74, 6) is -1.21. The zero-order chi connectivity index (χ0) is 16.9. The molecule has 0 saturated heterocycles. The number of rotatable bonds is 6. The van der Waals surface area contributed by atoms with Crippen molar-refractivity contribution in [1.29, 1.82) is 0 Å². The third-order valence-electron chi connectivity index (χ3n) is 2.92. The van der Waals surface area contributed by atoms with Gasteiger partial charge in [-0.25, -0.2) is 12.8 Å². The lowest BCUT2D eigenvalue weighted by Gasteiger charge is -2.10. The number of aliphatic hydroxyl groups excluding tert-OH is 1. The van der Waals surface area contributed by atoms with E-state index in [9.17, 15) is 17.6 Å². The van der Waals surface area contributed by atoms with E-state index in [0.29, 0.717) is 0 Å². The van der Waals surface area contributed by atoms with E-state index < -0.39 is 21.7 Å². The Morgan fingerprint density at radius 1 is 1.13 bits per heavy atom. The number of nitrogens with one attached hydrogen (secondary N) is 2. The second kappa shape index (κ2) is 7.21. The van der Waals surface area contributed by atoms with Gasteiger partial charge in [0.15, 0.2) is 0 Å². The van der Waals surface area contributed by atoms with Crippen molar-refractivity contribution in [2.45, 2.75) is 4.90 Å². The van der Waals surface area contributed by atoms with Gasteiger partial charge in [-0.2, -0.15) is 0 Å². The van der Waals surface area contributed by atoms with Gasteiger partial charge in [0.05, 0.1) is 17.2 Å². The van der Waals surface area contributed by atoms with Gasteiger partial charge in [0.25, 0.3) is 15.9 Å². The SMILES string of the molecule is O=C(NCCO)c1cccc(S(=O)(=O)Nc2ccccc2F)c1. The second-order valence-corrected chi connectivity index (χ2v) is 6.28. The maximum atomic E-state index is 13.6. The average Bonchev–Trinajstić information content (AvgIpc) is 2.54. The van der Waals surface area contributed by atoms with Crippen LogP contribution in [0, 0.1) is 5.82 Å². The van der Waals surface area contributed by atoms with Gasteiger partial charge in [0.2, 0.25) is 0 Å². The van der Waals surface area contributed by atoms with Crippen molar-refractivity contribution in [2.75, 3.05) is 17.9 Å². The Balaban J connectivity index is 2.27. The molecule has 0 radical (unpaired) electrons. The number of halogens is 1. The lowest BCUT2D eigenvalue weighted by molar-refractivity contribution is 0.0944. The molecule has 6 nitrogen and oxygen atoms in total. The fourth-order valence-corrected chi connectivity index (χ4v) is 2.94. The summed E-state index contributed by atoms with van der Waals surface area (Å²) in [4.78, 5) is 11.6. The van der Waals surface area contributed by atoms with Crippen molar-refractivity contribution in [3.8, 4) is 0 Å². The maximum absolute atomic E-state index is 13.6. The number of hydrogen-bond acceptors (Lipinski definition) is 4. The molecule has 0 fully saturated rings. The molecule has 8 heteroatoms. The smallest absolute Gasteiger partial charge is 0.262 e. The molecule has 0 aliphatic carbocycles. The van der Waals surface area contributed by atoms with E-state index in [1.54, 1.807) is 0 Å². The van der Waals surface area contributed by atoms with Gasteiger partial charge < -0.3 is 10.4 Å². The summed E-state index contributed by atoms with van der Waals surface area (Å²) >= 11 is 0. The van der Waals surface area contributed by atoms with Crippen molar-refractivity contribution in [1.82, 2.24) is 5.32 Å². The number of amides is 1. The first kappa shape index (κ1) is 16.9. The van der Waals surface area contributed by atoms with Crippen LogP contribution in [-0.4, -0.2) is 32.6 Å². The predicted octanol–water partition coefficient (Wildman–Crippen LogP) is 1.35. The van der Waals surface area contributed by atoms with E-state index in [1.807, 2.05) is 0 Å². The fraction of sp³-hybridized carbons (Fsp3) is 0.133. The zero-order valence-corrected chi connectivity index (χ0v) is 12.8. The molecule has 0 aliphatic rings. The van der Waals surface area contributed by atoms with Crippen LogP contribution in [0.5, 0.6) is 0 Å². The number of para-hydroxylation sites is 1. The minimum absolute atomic E-state index is 0.0588. The molecule has 2 aromatic rings. The Morgan fingerprint density at radius 2 is 1.87 bits per heavy atom. The normalized spacial score (nSPS) is 11.0. The molecule has 3 N–H and O–H groups in total. The van der Waals surface area contributed by atoms with Gasteiger partial charge in [-0.15, -0.1) is 0 Å². The summed E-state index contributed by atoms with van der Waals surface area (Å²) in [6.07, 6.45) is 0. The van der Waals surface area contributed by atoms with Gasteiger partial charge in [0.1, 0.15) is 5.82 Å². The lowest BCUT2D eigenvalue weighted by atomic mass is 10.2. The Bertz CT molecular complexity index is 809. The first-order valence-electron chi connectivity index (χ1n) is 6.70. The summed E-state index contributed by atoms with van der Waals surface area (Å²) in [5.41, 5.74) is -0.0579. The van der Waals surface area contributed by atoms with E-state index in [-0.39, 0.29) is 29.3 Å². The molecular formula is C15H15FN2O4S. The van der Waals surface area contributed by atoms with Crippen LogP contribution in [-0.2, 0) is 10.0 Å². The molecule has 0 saturated carbocycles. The number of hydrogen-bond donors (Lipinski definition) is 3. The fourth-order valence-electron chi connectivity index (χ4n) is 1.82. The number of carbonyl (C=O) groups excluding carboxylic acids is 1. The lowest BCUT2D eigenvalue weighted by Crippen LogP contribution is -2.26. The Hall–Kier alpha value is -2.45. The van der Waals surface area contributed by atoms with Crippen LogP contribution in [0.3, 0.4) is 0 Å². The highest BCUT2D eigenvalue weighted by Gasteiger charge is 2.17. The quantitative estimate of drug-likeness (QED) is 0.741. The Kier molecular flexibility index (Phi) is 5.30. The standard InChI is InChI=1S/C15H15FN2O4S/c16-13-6-1-2-7-14(13)18-23(21,22)12-5-3-4-11(10-12)15(20)17-8-9-19/h1-7,10,18-19H,8-9H2,(H,17,20). The number of anilines is 1. The molecule has 122 valence electrons. The van der Waals surface area contributed by atoms with Gasteiger partial charge in [-0.1, -0.05) is 18.2 Å². The van der Waals surface area contributed by atoms with Crippen LogP contribution >= 0.6 is 0 Å². The van der Waals surface area contributed by atoms with E-state index in [2.05, 4.69) is 10.0 Å². The summed E-state index contributed by atoms with van der Waals surface area (Å²) in [5, 5.41) is 11.1. The van der Waals surface area contributed by atoms with Crippen molar-refractivity contribution in [3.05, 3.63) is 59.9 Å². The number of sulfonamides is 1. The molecule has 1 amide bonds. The first-order valence-corrected chi connectivity index (χ1v) is 8.19. The van der Waals surface area contributed by atoms with E-state index in [0.717, 1.165) is 6.07 Å². The molecule has 0 unspecified atom stereocenters. The van der Waals surface area contributed by atoms with E-state index in [1.165, 1.54) is 42.5 Å². The van der Waals surface area contributed by atoms with Crippen molar-refractivity contribution < 1.29 is 22.7 Å². The molecule has 0 heterocycles. The molecule has 0 aromatic heterocycles. The molecular weight excluding hydrogens is 323 g/mol. The zero-order valence-electron chi connectivity index (χ0n) is 12.0. The molecule has 2 rings (SSSR count). The summed E-state index contributed by atoms with van der Waals surface area (Å²) in [7, 11) is -4.03. The van der Waals surface area contributed by atoms with Crippen LogP contribution in [0.25, 0.3) is 0 Å². The number of aliphatic hydroxyl groups is 1. The molecule has 23 heavy (non-hydrogen) atoms. The average molecular weight is 338 g/mol. The van der Waals surface area contributed by atoms with Gasteiger partial charge in [-0.3, -0.25) is 9.52 Å². The van der Waals surface area contributed by atoms with Crippen LogP contribution in [0.4, 0.5) is 10.1 Å². The second-order valence-electron chi connectivity index (χ2n) is 4.59. The Morgan fingerprint density at radius 3 is 2.57 bits per heavy atom. The highest BCUT2D eigenvalue weighted by molar-refractivity contribution is 7.92. The third-order valence-corrected chi connectivity index (χ3v) is 4.29. The van der Waals surface area contributed by atoms with Crippen LogP contribution in [0.2, 0.25) is 0 Å². The highest BCUT2D eigenvalue weighted by Crippen LogP contribution is 2.19. The minimum atomic E-state index is -4.03. The number of carbonyl (C=O) groups is 1. The summed E-state index contributed by atoms with van der Waals surface area (Å²) < 4.78 is 40.3. The monoisotopic (exact) mass is 338 g/mol. The largest absolute Gasteiger partial charge is 0.395 e. The predicted molar refractivity (Wildman–Crippen MR) is 83.1 cm³/mol. The first-order chi connectivity index (χ1) is 10.9.